The number of amides is 1. The Morgan fingerprint density at radius 2 is 1.38 bits per heavy atom. The third-order valence-corrected chi connectivity index (χ3v) is 9.40. The van der Waals surface area contributed by atoms with Gasteiger partial charge in [0.2, 0.25) is 0 Å². The molecule has 12 heteroatoms. The molecule has 0 heterocycles. The Morgan fingerprint density at radius 1 is 0.744 bits per heavy atom. The second kappa shape index (κ2) is 11.4. The van der Waals surface area contributed by atoms with Gasteiger partial charge in [0.25, 0.3) is 26.0 Å². The van der Waals surface area contributed by atoms with Gasteiger partial charge in [-0.15, -0.1) is 0 Å². The van der Waals surface area contributed by atoms with Crippen LogP contribution in [-0.2, 0) is 20.0 Å². The molecule has 0 atom stereocenters. The lowest BCUT2D eigenvalue weighted by atomic mass is 10.1. The van der Waals surface area contributed by atoms with E-state index in [1.54, 1.807) is 43.3 Å². The molecule has 0 aliphatic carbocycles. The smallest absolute Gasteiger partial charge is 0.263 e. The lowest BCUT2D eigenvalue weighted by molar-refractivity contribution is 0.102. The molecule has 0 fully saturated rings. The quantitative estimate of drug-likeness (QED) is 0.200. The van der Waals surface area contributed by atoms with Crippen molar-refractivity contribution in [2.45, 2.75) is 23.6 Å². The molecule has 0 saturated heterocycles. The van der Waals surface area contributed by atoms with Gasteiger partial charge in [0.15, 0.2) is 0 Å². The van der Waals surface area contributed by atoms with E-state index in [-0.39, 0.29) is 20.4 Å². The maximum Gasteiger partial charge on any atom is 0.263 e. The zero-order chi connectivity index (χ0) is 28.4. The highest BCUT2D eigenvalue weighted by Crippen LogP contribution is 2.27. The number of halogens is 2. The SMILES string of the molecule is Cc1ccc(NS(=O)(=O)c2cc(C(=O)Nc3ccc(S(=O)(=O)Nc4ccc(Br)cc4)cc3)ccc2Cl)c(C)c1. The Kier molecular flexibility index (Phi) is 8.36. The van der Waals surface area contributed by atoms with Crippen LogP contribution in [0.15, 0.2) is 99.2 Å². The van der Waals surface area contributed by atoms with Crippen molar-refractivity contribution in [3.63, 3.8) is 0 Å². The van der Waals surface area contributed by atoms with Crippen molar-refractivity contribution in [3.8, 4) is 0 Å². The van der Waals surface area contributed by atoms with Crippen LogP contribution >= 0.6 is 27.5 Å². The van der Waals surface area contributed by atoms with E-state index in [9.17, 15) is 21.6 Å². The van der Waals surface area contributed by atoms with E-state index in [1.807, 2.05) is 13.0 Å². The molecule has 0 aromatic heterocycles. The highest BCUT2D eigenvalue weighted by Gasteiger charge is 2.22. The number of carbonyl (C=O) groups excluding carboxylic acids is 1. The number of benzene rings is 4. The summed E-state index contributed by atoms with van der Waals surface area (Å²) in [5.74, 6) is -0.599. The number of rotatable bonds is 8. The van der Waals surface area contributed by atoms with Crippen LogP contribution < -0.4 is 14.8 Å². The summed E-state index contributed by atoms with van der Waals surface area (Å²) in [7, 11) is -7.94. The minimum atomic E-state index is -4.10. The highest BCUT2D eigenvalue weighted by atomic mass is 79.9. The summed E-state index contributed by atoms with van der Waals surface area (Å²) in [6, 6.07) is 21.4. The molecule has 4 aromatic rings. The number of hydrogen-bond acceptors (Lipinski definition) is 5. The van der Waals surface area contributed by atoms with Crippen LogP contribution in [0.3, 0.4) is 0 Å². The Morgan fingerprint density at radius 3 is 2.03 bits per heavy atom. The van der Waals surface area contributed by atoms with E-state index >= 15 is 0 Å². The molecule has 4 aromatic carbocycles. The van der Waals surface area contributed by atoms with E-state index in [2.05, 4.69) is 30.7 Å². The number of nitrogens with one attached hydrogen (secondary N) is 3. The summed E-state index contributed by atoms with van der Waals surface area (Å²) < 4.78 is 57.4. The van der Waals surface area contributed by atoms with Crippen molar-refractivity contribution in [1.29, 1.82) is 0 Å². The summed E-state index contributed by atoms with van der Waals surface area (Å²) in [4.78, 5) is 12.6. The number of anilines is 3. The molecular weight excluding hydrogens is 626 g/mol. The lowest BCUT2D eigenvalue weighted by Crippen LogP contribution is -2.17. The van der Waals surface area contributed by atoms with Gasteiger partial charge in [0, 0.05) is 21.4 Å². The van der Waals surface area contributed by atoms with Gasteiger partial charge in [0.05, 0.1) is 15.6 Å². The van der Waals surface area contributed by atoms with Crippen molar-refractivity contribution >= 4 is 70.5 Å². The van der Waals surface area contributed by atoms with Crippen LogP contribution in [0.2, 0.25) is 5.02 Å². The van der Waals surface area contributed by atoms with Crippen molar-refractivity contribution in [2.24, 2.45) is 0 Å². The first-order valence-electron chi connectivity index (χ1n) is 11.4. The first kappa shape index (κ1) is 28.6. The maximum absolute atomic E-state index is 13.1. The topological polar surface area (TPSA) is 121 Å². The monoisotopic (exact) mass is 647 g/mol. The van der Waals surface area contributed by atoms with Crippen LogP contribution in [-0.4, -0.2) is 22.7 Å². The minimum absolute atomic E-state index is 0.000707. The van der Waals surface area contributed by atoms with Gasteiger partial charge in [-0.25, -0.2) is 16.8 Å². The summed E-state index contributed by atoms with van der Waals surface area (Å²) in [5, 5.41) is 2.59. The average molecular weight is 649 g/mol. The summed E-state index contributed by atoms with van der Waals surface area (Å²) in [5.41, 5.74) is 2.89. The molecule has 1 amide bonds. The first-order chi connectivity index (χ1) is 18.3. The minimum Gasteiger partial charge on any atom is -0.322 e. The number of sulfonamides is 2. The summed E-state index contributed by atoms with van der Waals surface area (Å²) in [6.07, 6.45) is 0. The van der Waals surface area contributed by atoms with Gasteiger partial charge >= 0.3 is 0 Å². The fourth-order valence-electron chi connectivity index (χ4n) is 3.63. The summed E-state index contributed by atoms with van der Waals surface area (Å²) >= 11 is 9.48. The molecule has 202 valence electrons. The Labute approximate surface area is 240 Å². The fraction of sp³-hybridized carbons (Fsp3) is 0.0741. The van der Waals surface area contributed by atoms with Crippen LogP contribution in [0.25, 0.3) is 0 Å². The van der Waals surface area contributed by atoms with Crippen LogP contribution in [0.5, 0.6) is 0 Å². The van der Waals surface area contributed by atoms with E-state index in [0.29, 0.717) is 17.1 Å². The van der Waals surface area contributed by atoms with Gasteiger partial charge in [-0.05, 0) is 92.2 Å². The van der Waals surface area contributed by atoms with Gasteiger partial charge in [-0.2, -0.15) is 0 Å². The number of hydrogen-bond donors (Lipinski definition) is 3. The predicted octanol–water partition coefficient (Wildman–Crippen LogP) is 6.57. The molecule has 8 nitrogen and oxygen atoms in total. The zero-order valence-electron chi connectivity index (χ0n) is 20.7. The van der Waals surface area contributed by atoms with Crippen LogP contribution in [0.1, 0.15) is 21.5 Å². The third kappa shape index (κ3) is 6.99. The van der Waals surface area contributed by atoms with E-state index in [0.717, 1.165) is 15.6 Å². The zero-order valence-corrected chi connectivity index (χ0v) is 24.7. The largest absolute Gasteiger partial charge is 0.322 e. The van der Waals surface area contributed by atoms with Crippen LogP contribution in [0.4, 0.5) is 17.1 Å². The van der Waals surface area contributed by atoms with Gasteiger partial charge < -0.3 is 5.32 Å². The van der Waals surface area contributed by atoms with Crippen molar-refractivity contribution in [1.82, 2.24) is 0 Å². The van der Waals surface area contributed by atoms with E-state index < -0.39 is 26.0 Å². The number of carbonyl (C=O) groups is 1. The fourth-order valence-corrected chi connectivity index (χ4v) is 6.61. The number of aryl methyl sites for hydroxylation is 2. The lowest BCUT2D eigenvalue weighted by Gasteiger charge is -2.13. The molecule has 4 rings (SSSR count). The first-order valence-corrected chi connectivity index (χ1v) is 15.6. The second-order valence-corrected chi connectivity index (χ2v) is 13.3. The molecule has 0 bridgehead atoms. The Balaban J connectivity index is 1.50. The third-order valence-electron chi connectivity index (χ3n) is 5.63. The Bertz CT molecular complexity index is 1760. The van der Waals surface area contributed by atoms with Crippen molar-refractivity contribution in [3.05, 3.63) is 111 Å². The van der Waals surface area contributed by atoms with Crippen LogP contribution in [0, 0.1) is 13.8 Å². The molecule has 0 unspecified atom stereocenters. The predicted molar refractivity (Wildman–Crippen MR) is 158 cm³/mol. The molecule has 0 aliphatic heterocycles. The second-order valence-electron chi connectivity index (χ2n) is 8.66. The molecule has 0 aliphatic rings. The van der Waals surface area contributed by atoms with Gasteiger partial charge in [0.1, 0.15) is 4.90 Å². The van der Waals surface area contributed by atoms with E-state index in [1.165, 1.54) is 42.5 Å². The van der Waals surface area contributed by atoms with Crippen molar-refractivity contribution < 1.29 is 21.6 Å². The molecular formula is C27H23BrClN3O5S2. The summed E-state index contributed by atoms with van der Waals surface area (Å²) in [6.45, 7) is 3.68. The molecule has 39 heavy (non-hydrogen) atoms. The molecule has 3 N–H and O–H groups in total. The highest BCUT2D eigenvalue weighted by molar-refractivity contribution is 9.10. The van der Waals surface area contributed by atoms with Crippen molar-refractivity contribution in [2.75, 3.05) is 14.8 Å². The standard InChI is InChI=1S/C27H23BrClN3O5S2/c1-17-3-14-25(18(2)15-17)32-39(36,37)26-16-19(4-13-24(26)29)27(33)30-21-9-11-23(12-10-21)38(34,35)31-22-7-5-20(28)6-8-22/h3-16,31-32H,1-2H3,(H,30,33). The molecule has 0 spiro atoms. The Hall–Kier alpha value is -3.38. The van der Waals surface area contributed by atoms with E-state index in [4.69, 9.17) is 11.6 Å². The molecule has 0 saturated carbocycles. The maximum atomic E-state index is 13.1. The van der Waals surface area contributed by atoms with Gasteiger partial charge in [-0.1, -0.05) is 45.2 Å². The molecule has 0 radical (unpaired) electrons. The average Bonchev–Trinajstić information content (AvgIpc) is 2.87. The normalized spacial score (nSPS) is 11.6. The van der Waals surface area contributed by atoms with Gasteiger partial charge in [-0.3, -0.25) is 14.2 Å².